The summed E-state index contributed by atoms with van der Waals surface area (Å²) in [5, 5.41) is 5.90. The Balaban J connectivity index is 1.80. The van der Waals surface area contributed by atoms with Crippen molar-refractivity contribution in [1.82, 2.24) is 5.32 Å². The number of benzene rings is 2. The molecule has 0 spiro atoms. The number of carbonyl (C=O) groups is 2. The lowest BCUT2D eigenvalue weighted by Crippen LogP contribution is -2.45. The van der Waals surface area contributed by atoms with Gasteiger partial charge in [-0.2, -0.15) is 0 Å². The van der Waals surface area contributed by atoms with Gasteiger partial charge in [0.2, 0.25) is 5.91 Å². The summed E-state index contributed by atoms with van der Waals surface area (Å²) in [7, 11) is 1.63. The molecule has 6 nitrogen and oxygen atoms in total. The van der Waals surface area contributed by atoms with E-state index in [-0.39, 0.29) is 11.8 Å². The summed E-state index contributed by atoms with van der Waals surface area (Å²) in [4.78, 5) is 26.1. The van der Waals surface area contributed by atoms with Crippen LogP contribution >= 0.6 is 0 Å². The van der Waals surface area contributed by atoms with Gasteiger partial charge in [-0.15, -0.1) is 0 Å². The van der Waals surface area contributed by atoms with Gasteiger partial charge in [0.15, 0.2) is 0 Å². The lowest BCUT2D eigenvalue weighted by Gasteiger charge is -2.36. The predicted molar refractivity (Wildman–Crippen MR) is 112 cm³/mol. The van der Waals surface area contributed by atoms with E-state index < -0.39 is 5.41 Å². The predicted octanol–water partition coefficient (Wildman–Crippen LogP) is 3.14. The minimum atomic E-state index is -0.665. The molecule has 1 fully saturated rings. The second kappa shape index (κ2) is 10.2. The molecule has 2 aromatic carbocycles. The fourth-order valence-corrected chi connectivity index (χ4v) is 3.67. The number of anilines is 1. The van der Waals surface area contributed by atoms with Crippen LogP contribution < -0.4 is 10.6 Å². The Hall–Kier alpha value is -2.70. The van der Waals surface area contributed by atoms with Gasteiger partial charge in [0, 0.05) is 33.5 Å². The Morgan fingerprint density at radius 1 is 1.03 bits per heavy atom. The zero-order chi connectivity index (χ0) is 20.5. The average molecular weight is 396 g/mol. The van der Waals surface area contributed by atoms with E-state index in [1.165, 1.54) is 0 Å². The molecule has 2 aromatic rings. The SMILES string of the molecule is COCCCNC(=O)c1ccccc1NC(=O)C1(c2ccccc2)CCOCC1. The highest BCUT2D eigenvalue weighted by atomic mass is 16.5. The molecule has 2 N–H and O–H groups in total. The Morgan fingerprint density at radius 2 is 1.72 bits per heavy atom. The van der Waals surface area contributed by atoms with Gasteiger partial charge in [0.1, 0.15) is 0 Å². The van der Waals surface area contributed by atoms with Crippen LogP contribution in [0.25, 0.3) is 0 Å². The van der Waals surface area contributed by atoms with Crippen molar-refractivity contribution in [1.29, 1.82) is 0 Å². The van der Waals surface area contributed by atoms with Gasteiger partial charge in [-0.3, -0.25) is 9.59 Å². The van der Waals surface area contributed by atoms with Gasteiger partial charge >= 0.3 is 0 Å². The van der Waals surface area contributed by atoms with E-state index >= 15 is 0 Å². The fourth-order valence-electron chi connectivity index (χ4n) is 3.67. The van der Waals surface area contributed by atoms with Crippen molar-refractivity contribution in [2.24, 2.45) is 0 Å². The molecule has 3 rings (SSSR count). The van der Waals surface area contributed by atoms with Gasteiger partial charge in [0.25, 0.3) is 5.91 Å². The van der Waals surface area contributed by atoms with Crippen molar-refractivity contribution in [3.63, 3.8) is 0 Å². The zero-order valence-corrected chi connectivity index (χ0v) is 16.8. The lowest BCUT2D eigenvalue weighted by molar-refractivity contribution is -0.125. The van der Waals surface area contributed by atoms with Crippen LogP contribution in [0.2, 0.25) is 0 Å². The molecular weight excluding hydrogens is 368 g/mol. The number of ether oxygens (including phenoxy) is 2. The molecule has 154 valence electrons. The number of methoxy groups -OCH3 is 1. The van der Waals surface area contributed by atoms with Crippen LogP contribution in [0.3, 0.4) is 0 Å². The van der Waals surface area contributed by atoms with E-state index in [0.29, 0.717) is 50.5 Å². The van der Waals surface area contributed by atoms with E-state index in [1.807, 2.05) is 36.4 Å². The van der Waals surface area contributed by atoms with Crippen molar-refractivity contribution >= 4 is 17.5 Å². The molecule has 1 saturated heterocycles. The minimum absolute atomic E-state index is 0.105. The third-order valence-corrected chi connectivity index (χ3v) is 5.34. The van der Waals surface area contributed by atoms with Crippen molar-refractivity contribution < 1.29 is 19.1 Å². The minimum Gasteiger partial charge on any atom is -0.385 e. The average Bonchev–Trinajstić information content (AvgIpc) is 2.78. The molecule has 0 aromatic heterocycles. The maximum absolute atomic E-state index is 13.4. The Kier molecular flexibility index (Phi) is 7.38. The summed E-state index contributed by atoms with van der Waals surface area (Å²) in [6.07, 6.45) is 1.94. The van der Waals surface area contributed by atoms with Crippen LogP contribution in [-0.4, -0.2) is 45.3 Å². The summed E-state index contributed by atoms with van der Waals surface area (Å²) in [6, 6.07) is 16.9. The molecule has 29 heavy (non-hydrogen) atoms. The lowest BCUT2D eigenvalue weighted by atomic mass is 9.73. The summed E-state index contributed by atoms with van der Waals surface area (Å²) >= 11 is 0. The molecule has 1 heterocycles. The van der Waals surface area contributed by atoms with E-state index in [2.05, 4.69) is 10.6 Å². The Bertz CT molecular complexity index is 817. The van der Waals surface area contributed by atoms with Crippen molar-refractivity contribution in [2.75, 3.05) is 38.8 Å². The van der Waals surface area contributed by atoms with Gasteiger partial charge in [-0.1, -0.05) is 42.5 Å². The molecular formula is C23H28N2O4. The quantitative estimate of drug-likeness (QED) is 0.672. The van der Waals surface area contributed by atoms with Crippen molar-refractivity contribution in [3.8, 4) is 0 Å². The van der Waals surface area contributed by atoms with Crippen LogP contribution in [0.1, 0.15) is 35.2 Å². The normalized spacial score (nSPS) is 15.5. The largest absolute Gasteiger partial charge is 0.385 e. The first-order chi connectivity index (χ1) is 14.2. The molecule has 0 saturated carbocycles. The zero-order valence-electron chi connectivity index (χ0n) is 16.8. The molecule has 0 aliphatic carbocycles. The first-order valence-electron chi connectivity index (χ1n) is 9.98. The first kappa shape index (κ1) is 21.0. The second-order valence-corrected chi connectivity index (χ2v) is 7.16. The van der Waals surface area contributed by atoms with Crippen LogP contribution in [0.5, 0.6) is 0 Å². The van der Waals surface area contributed by atoms with E-state index in [0.717, 1.165) is 12.0 Å². The number of hydrogen-bond donors (Lipinski definition) is 2. The molecule has 0 bridgehead atoms. The number of para-hydroxylation sites is 1. The highest BCUT2D eigenvalue weighted by Crippen LogP contribution is 2.36. The van der Waals surface area contributed by atoms with E-state index in [4.69, 9.17) is 9.47 Å². The van der Waals surface area contributed by atoms with Crippen molar-refractivity contribution in [2.45, 2.75) is 24.7 Å². The standard InChI is InChI=1S/C23H28N2O4/c1-28-15-7-14-24-21(26)19-10-5-6-11-20(19)25-22(27)23(12-16-29-17-13-23)18-8-3-2-4-9-18/h2-6,8-11H,7,12-17H2,1H3,(H,24,26)(H,25,27). The van der Waals surface area contributed by atoms with Crippen LogP contribution in [0, 0.1) is 0 Å². The second-order valence-electron chi connectivity index (χ2n) is 7.16. The summed E-state index contributed by atoms with van der Waals surface area (Å²) < 4.78 is 10.5. The van der Waals surface area contributed by atoms with E-state index in [1.54, 1.807) is 25.3 Å². The third-order valence-electron chi connectivity index (χ3n) is 5.34. The number of amides is 2. The summed E-state index contributed by atoms with van der Waals surface area (Å²) in [6.45, 7) is 2.16. The van der Waals surface area contributed by atoms with E-state index in [9.17, 15) is 9.59 Å². The molecule has 1 aliphatic heterocycles. The van der Waals surface area contributed by atoms with Gasteiger partial charge in [-0.25, -0.2) is 0 Å². The number of rotatable bonds is 8. The summed E-state index contributed by atoms with van der Waals surface area (Å²) in [5.41, 5.74) is 1.28. The molecule has 0 unspecified atom stereocenters. The van der Waals surface area contributed by atoms with Crippen LogP contribution in [0.15, 0.2) is 54.6 Å². The third kappa shape index (κ3) is 5.02. The number of hydrogen-bond acceptors (Lipinski definition) is 4. The van der Waals surface area contributed by atoms with Crippen LogP contribution in [-0.2, 0) is 19.7 Å². The van der Waals surface area contributed by atoms with Gasteiger partial charge in [-0.05, 0) is 37.0 Å². The van der Waals surface area contributed by atoms with Crippen molar-refractivity contribution in [3.05, 3.63) is 65.7 Å². The maximum atomic E-state index is 13.4. The van der Waals surface area contributed by atoms with Gasteiger partial charge < -0.3 is 20.1 Å². The molecule has 1 aliphatic rings. The Morgan fingerprint density at radius 3 is 2.45 bits per heavy atom. The highest BCUT2D eigenvalue weighted by Gasteiger charge is 2.41. The monoisotopic (exact) mass is 396 g/mol. The molecule has 0 atom stereocenters. The molecule has 2 amide bonds. The fraction of sp³-hybridized carbons (Fsp3) is 0.391. The topological polar surface area (TPSA) is 76.7 Å². The first-order valence-corrected chi connectivity index (χ1v) is 9.98. The van der Waals surface area contributed by atoms with Gasteiger partial charge in [0.05, 0.1) is 16.7 Å². The summed E-state index contributed by atoms with van der Waals surface area (Å²) in [5.74, 6) is -0.315. The number of carbonyl (C=O) groups excluding carboxylic acids is 2. The molecule has 0 radical (unpaired) electrons. The smallest absolute Gasteiger partial charge is 0.253 e. The maximum Gasteiger partial charge on any atom is 0.253 e. The highest BCUT2D eigenvalue weighted by molar-refractivity contribution is 6.06. The molecule has 6 heteroatoms. The van der Waals surface area contributed by atoms with Crippen LogP contribution in [0.4, 0.5) is 5.69 Å². The Labute approximate surface area is 171 Å². The number of nitrogens with one attached hydrogen (secondary N) is 2.